The van der Waals surface area contributed by atoms with Crippen LogP contribution in [0, 0.1) is 5.92 Å². The van der Waals surface area contributed by atoms with Crippen molar-refractivity contribution in [3.63, 3.8) is 0 Å². The summed E-state index contributed by atoms with van der Waals surface area (Å²) in [6.45, 7) is 0. The molecule has 0 unspecified atom stereocenters. The molecule has 18 heavy (non-hydrogen) atoms. The average molecular weight is 250 g/mol. The molecule has 1 aromatic rings. The molecule has 1 saturated carbocycles. The number of amides is 1. The van der Waals surface area contributed by atoms with E-state index in [1.807, 2.05) is 0 Å². The molecule has 2 rings (SSSR count). The van der Waals surface area contributed by atoms with Crippen molar-refractivity contribution in [3.05, 3.63) is 30.1 Å². The number of hydrogen-bond donors (Lipinski definition) is 2. The van der Waals surface area contributed by atoms with Crippen LogP contribution in [-0.2, 0) is 4.79 Å². The second-order valence-corrected chi connectivity index (χ2v) is 4.27. The van der Waals surface area contributed by atoms with E-state index in [1.54, 1.807) is 12.1 Å². The highest BCUT2D eigenvalue weighted by Crippen LogP contribution is 2.23. The Morgan fingerprint density at radius 1 is 1.17 bits per heavy atom. The van der Waals surface area contributed by atoms with Crippen LogP contribution >= 0.6 is 0 Å². The monoisotopic (exact) mass is 250 g/mol. The van der Waals surface area contributed by atoms with Crippen molar-refractivity contribution in [2.24, 2.45) is 11.7 Å². The van der Waals surface area contributed by atoms with Gasteiger partial charge in [-0.25, -0.2) is 0 Å². The Balaban J connectivity index is 0.000000180. The number of carbonyl (C=O) groups is 2. The van der Waals surface area contributed by atoms with Gasteiger partial charge in [-0.15, -0.1) is 0 Å². The lowest BCUT2D eigenvalue weighted by Gasteiger charge is -2.16. The molecule has 98 valence electrons. The van der Waals surface area contributed by atoms with Crippen molar-refractivity contribution < 1.29 is 14.7 Å². The summed E-state index contributed by atoms with van der Waals surface area (Å²) in [4.78, 5) is 24.5. The van der Waals surface area contributed by atoms with Crippen LogP contribution in [0.3, 0.4) is 0 Å². The van der Waals surface area contributed by atoms with E-state index in [0.29, 0.717) is 5.56 Å². The van der Waals surface area contributed by atoms with Gasteiger partial charge in [-0.3, -0.25) is 14.6 Å². The van der Waals surface area contributed by atoms with Crippen LogP contribution in [0.15, 0.2) is 24.5 Å². The predicted octanol–water partition coefficient (Wildman–Crippen LogP) is 1.83. The number of nitrogens with two attached hydrogens (primary N) is 1. The van der Waals surface area contributed by atoms with Gasteiger partial charge in [0.15, 0.2) is 0 Å². The molecule has 1 aliphatic rings. The Bertz CT molecular complexity index is 386. The molecule has 0 aromatic carbocycles. The van der Waals surface area contributed by atoms with Gasteiger partial charge in [0.2, 0.25) is 5.91 Å². The molecule has 0 radical (unpaired) electrons. The number of primary amides is 1. The molecule has 1 aliphatic carbocycles. The fourth-order valence-electron chi connectivity index (χ4n) is 1.87. The Morgan fingerprint density at radius 2 is 1.72 bits per heavy atom. The molecular weight excluding hydrogens is 232 g/mol. The molecule has 1 aromatic heterocycles. The highest BCUT2D eigenvalue weighted by atomic mass is 16.4. The maximum atomic E-state index is 10.4. The van der Waals surface area contributed by atoms with Crippen LogP contribution in [0.25, 0.3) is 0 Å². The fraction of sp³-hybridized carbons (Fsp3) is 0.462. The van der Waals surface area contributed by atoms with Gasteiger partial charge < -0.3 is 10.8 Å². The van der Waals surface area contributed by atoms with Gasteiger partial charge in [0.1, 0.15) is 0 Å². The van der Waals surface area contributed by atoms with E-state index in [4.69, 9.17) is 10.8 Å². The predicted molar refractivity (Wildman–Crippen MR) is 67.0 cm³/mol. The highest BCUT2D eigenvalue weighted by Gasteiger charge is 2.19. The number of aromatic nitrogens is 1. The van der Waals surface area contributed by atoms with Gasteiger partial charge in [0.25, 0.3) is 0 Å². The number of rotatable bonds is 2. The molecule has 0 saturated heterocycles. The Hall–Kier alpha value is -1.91. The fourth-order valence-corrected chi connectivity index (χ4v) is 1.87. The van der Waals surface area contributed by atoms with E-state index in [2.05, 4.69) is 4.98 Å². The van der Waals surface area contributed by atoms with Crippen LogP contribution in [0.2, 0.25) is 0 Å². The Morgan fingerprint density at radius 3 is 2.06 bits per heavy atom. The highest BCUT2D eigenvalue weighted by molar-refractivity contribution is 5.92. The lowest BCUT2D eigenvalue weighted by Crippen LogP contribution is -2.16. The van der Waals surface area contributed by atoms with Gasteiger partial charge >= 0.3 is 5.97 Å². The summed E-state index contributed by atoms with van der Waals surface area (Å²) in [5.41, 5.74) is 5.44. The van der Waals surface area contributed by atoms with Crippen molar-refractivity contribution in [1.82, 2.24) is 4.98 Å². The summed E-state index contributed by atoms with van der Waals surface area (Å²) in [5, 5.41) is 8.54. The zero-order valence-corrected chi connectivity index (χ0v) is 10.2. The number of pyridine rings is 1. The minimum Gasteiger partial charge on any atom is -0.481 e. The van der Waals surface area contributed by atoms with Crippen LogP contribution in [-0.4, -0.2) is 22.0 Å². The molecule has 1 fully saturated rings. The van der Waals surface area contributed by atoms with Gasteiger partial charge in [-0.2, -0.15) is 0 Å². The lowest BCUT2D eigenvalue weighted by molar-refractivity contribution is -0.142. The molecule has 0 bridgehead atoms. The summed E-state index contributed by atoms with van der Waals surface area (Å²) in [5.74, 6) is -1.05. The summed E-state index contributed by atoms with van der Waals surface area (Å²) in [6.07, 6.45) is 8.29. The summed E-state index contributed by atoms with van der Waals surface area (Å²) in [6, 6.07) is 3.14. The topological polar surface area (TPSA) is 93.3 Å². The lowest BCUT2D eigenvalue weighted by atomic mass is 9.90. The van der Waals surface area contributed by atoms with E-state index in [1.165, 1.54) is 18.8 Å². The molecule has 0 aliphatic heterocycles. The quantitative estimate of drug-likeness (QED) is 0.837. The van der Waals surface area contributed by atoms with E-state index in [0.717, 1.165) is 25.7 Å². The summed E-state index contributed by atoms with van der Waals surface area (Å²) >= 11 is 0. The maximum absolute atomic E-state index is 10.4. The van der Waals surface area contributed by atoms with Gasteiger partial charge in [-0.1, -0.05) is 19.3 Å². The van der Waals surface area contributed by atoms with Crippen LogP contribution in [0.5, 0.6) is 0 Å². The zero-order chi connectivity index (χ0) is 13.4. The van der Waals surface area contributed by atoms with Gasteiger partial charge in [-0.05, 0) is 25.0 Å². The number of aliphatic carboxylic acids is 1. The van der Waals surface area contributed by atoms with E-state index >= 15 is 0 Å². The Labute approximate surface area is 106 Å². The Kier molecular flexibility index (Phi) is 5.84. The molecule has 0 spiro atoms. The van der Waals surface area contributed by atoms with Crippen molar-refractivity contribution in [2.75, 3.05) is 0 Å². The molecule has 3 N–H and O–H groups in total. The van der Waals surface area contributed by atoms with Gasteiger partial charge in [0, 0.05) is 18.0 Å². The molecule has 1 heterocycles. The molecule has 1 amide bonds. The third-order valence-corrected chi connectivity index (χ3v) is 2.92. The number of carbonyl (C=O) groups excluding carboxylic acids is 1. The molecular formula is C13H18N2O3. The van der Waals surface area contributed by atoms with E-state index in [-0.39, 0.29) is 5.92 Å². The molecule has 5 heteroatoms. The maximum Gasteiger partial charge on any atom is 0.306 e. The van der Waals surface area contributed by atoms with Crippen LogP contribution < -0.4 is 5.73 Å². The van der Waals surface area contributed by atoms with Crippen LogP contribution in [0.1, 0.15) is 42.5 Å². The SMILES string of the molecule is NC(=O)c1ccncc1.O=C(O)C1CCCCC1. The first-order valence-corrected chi connectivity index (χ1v) is 6.04. The second kappa shape index (κ2) is 7.42. The van der Waals surface area contributed by atoms with Crippen LogP contribution in [0.4, 0.5) is 0 Å². The number of carboxylic acids is 1. The van der Waals surface area contributed by atoms with Crippen molar-refractivity contribution in [1.29, 1.82) is 0 Å². The number of nitrogens with zero attached hydrogens (tertiary/aromatic N) is 1. The second-order valence-electron chi connectivity index (χ2n) is 4.27. The normalized spacial score (nSPS) is 15.3. The first-order chi connectivity index (χ1) is 8.61. The first kappa shape index (κ1) is 14.2. The third-order valence-electron chi connectivity index (χ3n) is 2.92. The number of carboxylic acid groups (broad SMARTS) is 1. The first-order valence-electron chi connectivity index (χ1n) is 6.04. The zero-order valence-electron chi connectivity index (χ0n) is 10.2. The van der Waals surface area contributed by atoms with E-state index < -0.39 is 11.9 Å². The van der Waals surface area contributed by atoms with Crippen molar-refractivity contribution >= 4 is 11.9 Å². The standard InChI is InChI=1S/C7H12O2.C6H6N2O/c8-7(9)6-4-2-1-3-5-6;7-6(9)5-1-3-8-4-2-5/h6H,1-5H2,(H,8,9);1-4H,(H2,7,9). The van der Waals surface area contributed by atoms with Crippen molar-refractivity contribution in [3.8, 4) is 0 Å². The minimum absolute atomic E-state index is 0.0289. The summed E-state index contributed by atoms with van der Waals surface area (Å²) < 4.78 is 0. The molecule has 0 atom stereocenters. The largest absolute Gasteiger partial charge is 0.481 e. The minimum atomic E-state index is -0.602. The van der Waals surface area contributed by atoms with E-state index in [9.17, 15) is 9.59 Å². The summed E-state index contributed by atoms with van der Waals surface area (Å²) in [7, 11) is 0. The van der Waals surface area contributed by atoms with Gasteiger partial charge in [0.05, 0.1) is 5.92 Å². The smallest absolute Gasteiger partial charge is 0.306 e. The number of hydrogen-bond acceptors (Lipinski definition) is 3. The third kappa shape index (κ3) is 4.95. The van der Waals surface area contributed by atoms with Crippen molar-refractivity contribution in [2.45, 2.75) is 32.1 Å². The average Bonchev–Trinajstić information content (AvgIpc) is 2.41. The molecule has 5 nitrogen and oxygen atoms in total.